The SMILES string of the molecule is O=C(CSCC(=O)N1CCOCC1)NOCC(F)(F)F. The fourth-order valence-corrected chi connectivity index (χ4v) is 2.07. The molecular formula is C10H15F3N2O4S. The summed E-state index contributed by atoms with van der Waals surface area (Å²) in [6, 6.07) is 0. The Morgan fingerprint density at radius 3 is 2.50 bits per heavy atom. The highest BCUT2D eigenvalue weighted by Crippen LogP contribution is 2.13. The normalized spacial score (nSPS) is 16.1. The van der Waals surface area contributed by atoms with Gasteiger partial charge in [0.15, 0.2) is 6.61 Å². The number of carbonyl (C=O) groups excluding carboxylic acids is 2. The lowest BCUT2D eigenvalue weighted by atomic mass is 10.4. The van der Waals surface area contributed by atoms with Crippen molar-refractivity contribution >= 4 is 23.6 Å². The number of carbonyl (C=O) groups is 2. The highest BCUT2D eigenvalue weighted by atomic mass is 32.2. The first kappa shape index (κ1) is 17.1. The summed E-state index contributed by atoms with van der Waals surface area (Å²) < 4.78 is 40.3. The van der Waals surface area contributed by atoms with Gasteiger partial charge in [-0.3, -0.25) is 14.4 Å². The summed E-state index contributed by atoms with van der Waals surface area (Å²) in [7, 11) is 0. The second kappa shape index (κ2) is 8.32. The molecule has 10 heteroatoms. The quantitative estimate of drug-likeness (QED) is 0.709. The van der Waals surface area contributed by atoms with E-state index in [1.54, 1.807) is 10.4 Å². The first-order valence-corrected chi connectivity index (χ1v) is 6.94. The lowest BCUT2D eigenvalue weighted by Gasteiger charge is -2.26. The van der Waals surface area contributed by atoms with Crippen molar-refractivity contribution in [3.8, 4) is 0 Å². The zero-order valence-electron chi connectivity index (χ0n) is 10.6. The summed E-state index contributed by atoms with van der Waals surface area (Å²) in [5.74, 6) is -0.892. The molecule has 0 spiro atoms. The molecule has 0 saturated carbocycles. The molecule has 1 N–H and O–H groups in total. The summed E-state index contributed by atoms with van der Waals surface area (Å²) in [6.45, 7) is 0.459. The van der Waals surface area contributed by atoms with E-state index in [1.165, 1.54) is 0 Å². The van der Waals surface area contributed by atoms with Crippen molar-refractivity contribution in [3.63, 3.8) is 0 Å². The zero-order valence-corrected chi connectivity index (χ0v) is 11.4. The lowest BCUT2D eigenvalue weighted by Crippen LogP contribution is -2.41. The first-order chi connectivity index (χ1) is 9.38. The van der Waals surface area contributed by atoms with Crippen LogP contribution in [-0.4, -0.2) is 67.3 Å². The fourth-order valence-electron chi connectivity index (χ4n) is 1.36. The predicted molar refractivity (Wildman–Crippen MR) is 64.9 cm³/mol. The summed E-state index contributed by atoms with van der Waals surface area (Å²) in [4.78, 5) is 28.4. The van der Waals surface area contributed by atoms with Gasteiger partial charge < -0.3 is 9.64 Å². The first-order valence-electron chi connectivity index (χ1n) is 5.79. The Morgan fingerprint density at radius 1 is 1.25 bits per heavy atom. The van der Waals surface area contributed by atoms with Gasteiger partial charge in [-0.05, 0) is 0 Å². The minimum atomic E-state index is -4.49. The Morgan fingerprint density at radius 2 is 1.90 bits per heavy atom. The van der Waals surface area contributed by atoms with Gasteiger partial charge in [0.25, 0.3) is 5.91 Å². The van der Waals surface area contributed by atoms with Gasteiger partial charge in [0.05, 0.1) is 24.7 Å². The van der Waals surface area contributed by atoms with E-state index in [2.05, 4.69) is 4.84 Å². The van der Waals surface area contributed by atoms with Crippen LogP contribution in [0.5, 0.6) is 0 Å². The van der Waals surface area contributed by atoms with Gasteiger partial charge in [0.1, 0.15) is 0 Å². The summed E-state index contributed by atoms with van der Waals surface area (Å²) >= 11 is 1.02. The number of thioether (sulfide) groups is 1. The minimum Gasteiger partial charge on any atom is -0.378 e. The number of rotatable bonds is 6. The molecule has 1 saturated heterocycles. The van der Waals surface area contributed by atoms with Crippen LogP contribution < -0.4 is 5.48 Å². The number of amides is 2. The molecule has 0 aromatic rings. The number of morpholine rings is 1. The second-order valence-corrected chi connectivity index (χ2v) is 4.90. The second-order valence-electron chi connectivity index (χ2n) is 3.92. The highest BCUT2D eigenvalue weighted by Gasteiger charge is 2.28. The number of nitrogens with one attached hydrogen (secondary N) is 1. The molecule has 1 fully saturated rings. The molecule has 0 atom stereocenters. The van der Waals surface area contributed by atoms with Crippen molar-refractivity contribution in [2.75, 3.05) is 44.4 Å². The van der Waals surface area contributed by atoms with Crippen molar-refractivity contribution < 1.29 is 32.3 Å². The van der Waals surface area contributed by atoms with Gasteiger partial charge in [-0.2, -0.15) is 13.2 Å². The number of halogens is 3. The third kappa shape index (κ3) is 7.56. The Bertz CT molecular complexity index is 335. The molecule has 0 bridgehead atoms. The molecule has 6 nitrogen and oxygen atoms in total. The summed E-state index contributed by atoms with van der Waals surface area (Å²) in [5.41, 5.74) is 1.67. The van der Waals surface area contributed by atoms with Crippen LogP contribution in [0.2, 0.25) is 0 Å². The summed E-state index contributed by atoms with van der Waals surface area (Å²) in [6.07, 6.45) is -4.49. The van der Waals surface area contributed by atoms with Crippen molar-refractivity contribution in [2.45, 2.75) is 6.18 Å². The maximum Gasteiger partial charge on any atom is 0.414 e. The van der Waals surface area contributed by atoms with Crippen LogP contribution in [-0.2, 0) is 19.2 Å². The van der Waals surface area contributed by atoms with Crippen LogP contribution in [0.4, 0.5) is 13.2 Å². The average molecular weight is 316 g/mol. The maximum atomic E-state index is 11.7. The van der Waals surface area contributed by atoms with Crippen LogP contribution in [0, 0.1) is 0 Å². The van der Waals surface area contributed by atoms with E-state index in [4.69, 9.17) is 4.74 Å². The summed E-state index contributed by atoms with van der Waals surface area (Å²) in [5, 5.41) is 0. The van der Waals surface area contributed by atoms with E-state index in [0.29, 0.717) is 26.3 Å². The van der Waals surface area contributed by atoms with Gasteiger partial charge in [-0.25, -0.2) is 5.48 Å². The number of alkyl halides is 3. The Labute approximate surface area is 117 Å². The van der Waals surface area contributed by atoms with E-state index in [1.807, 2.05) is 0 Å². The van der Waals surface area contributed by atoms with Gasteiger partial charge in [-0.1, -0.05) is 0 Å². The molecule has 2 amide bonds. The molecule has 0 aromatic carbocycles. The Hall–Kier alpha value is -1.00. The van der Waals surface area contributed by atoms with E-state index in [-0.39, 0.29) is 17.4 Å². The van der Waals surface area contributed by atoms with Crippen LogP contribution in [0.1, 0.15) is 0 Å². The van der Waals surface area contributed by atoms with Gasteiger partial charge >= 0.3 is 6.18 Å². The molecule has 0 radical (unpaired) electrons. The van der Waals surface area contributed by atoms with Crippen molar-refractivity contribution in [1.82, 2.24) is 10.4 Å². The van der Waals surface area contributed by atoms with Crippen molar-refractivity contribution in [1.29, 1.82) is 0 Å². The van der Waals surface area contributed by atoms with Crippen LogP contribution >= 0.6 is 11.8 Å². The molecule has 116 valence electrons. The molecular weight excluding hydrogens is 301 g/mol. The van der Waals surface area contributed by atoms with Gasteiger partial charge in [-0.15, -0.1) is 11.8 Å². The van der Waals surface area contributed by atoms with E-state index < -0.39 is 18.7 Å². The third-order valence-electron chi connectivity index (χ3n) is 2.24. The standard InChI is InChI=1S/C10H15F3N2O4S/c11-10(12,13)7-19-14-8(16)5-20-6-9(17)15-1-3-18-4-2-15/h1-7H2,(H,14,16). The van der Waals surface area contributed by atoms with Crippen LogP contribution in [0.25, 0.3) is 0 Å². The maximum absolute atomic E-state index is 11.7. The lowest BCUT2D eigenvalue weighted by molar-refractivity contribution is -0.191. The molecule has 0 unspecified atom stereocenters. The Kier molecular flexibility index (Phi) is 7.10. The van der Waals surface area contributed by atoms with Crippen LogP contribution in [0.15, 0.2) is 0 Å². The fraction of sp³-hybridized carbons (Fsp3) is 0.800. The molecule has 0 aliphatic carbocycles. The third-order valence-corrected chi connectivity index (χ3v) is 3.16. The molecule has 1 rings (SSSR count). The predicted octanol–water partition coefficient (Wildman–Crippen LogP) is 0.188. The number of ether oxygens (including phenoxy) is 1. The van der Waals surface area contributed by atoms with E-state index in [0.717, 1.165) is 11.8 Å². The number of hydroxylamine groups is 1. The monoisotopic (exact) mass is 316 g/mol. The zero-order chi connectivity index (χ0) is 15.0. The van der Waals surface area contributed by atoms with Gasteiger partial charge in [0.2, 0.25) is 5.91 Å². The Balaban J connectivity index is 2.07. The van der Waals surface area contributed by atoms with Crippen LogP contribution in [0.3, 0.4) is 0 Å². The minimum absolute atomic E-state index is 0.0900. The van der Waals surface area contributed by atoms with Crippen molar-refractivity contribution in [3.05, 3.63) is 0 Å². The molecule has 1 aliphatic heterocycles. The average Bonchev–Trinajstić information content (AvgIpc) is 2.38. The number of hydrogen-bond donors (Lipinski definition) is 1. The largest absolute Gasteiger partial charge is 0.414 e. The van der Waals surface area contributed by atoms with Gasteiger partial charge in [0, 0.05) is 13.1 Å². The van der Waals surface area contributed by atoms with Crippen molar-refractivity contribution in [2.24, 2.45) is 0 Å². The topological polar surface area (TPSA) is 67.9 Å². The number of nitrogens with zero attached hydrogens (tertiary/aromatic N) is 1. The van der Waals surface area contributed by atoms with E-state index in [9.17, 15) is 22.8 Å². The van der Waals surface area contributed by atoms with E-state index >= 15 is 0 Å². The molecule has 20 heavy (non-hydrogen) atoms. The molecule has 1 aliphatic rings. The smallest absolute Gasteiger partial charge is 0.378 e. The number of hydrogen-bond acceptors (Lipinski definition) is 5. The molecule has 0 aromatic heterocycles. The highest BCUT2D eigenvalue weighted by molar-refractivity contribution is 8.00. The molecule has 1 heterocycles.